The maximum Gasteiger partial charge on any atom is 0.140 e. The second-order valence-electron chi connectivity index (χ2n) is 8.21. The molecule has 162 valence electrons. The number of ether oxygens (including phenoxy) is 2. The smallest absolute Gasteiger partial charge is 0.140 e. The summed E-state index contributed by atoms with van der Waals surface area (Å²) in [4.78, 5) is 9.10. The van der Waals surface area contributed by atoms with E-state index in [9.17, 15) is 0 Å². The van der Waals surface area contributed by atoms with Crippen LogP contribution in [0.25, 0.3) is 22.5 Å². The highest BCUT2D eigenvalue weighted by Gasteiger charge is 2.42. The molecule has 0 unspecified atom stereocenters. The van der Waals surface area contributed by atoms with Crippen molar-refractivity contribution in [3.8, 4) is 45.5 Å². The average Bonchev–Trinajstić information content (AvgIpc) is 2.90. The Bertz CT molecular complexity index is 1520. The molecule has 0 aliphatic carbocycles. The third kappa shape index (κ3) is 2.81. The minimum Gasteiger partial charge on any atom is -0.456 e. The summed E-state index contributed by atoms with van der Waals surface area (Å²) in [5.74, 6) is 3.13. The molecule has 2 aromatic heterocycles. The summed E-state index contributed by atoms with van der Waals surface area (Å²) in [6.45, 7) is 0. The molecule has 0 saturated heterocycles. The van der Waals surface area contributed by atoms with Gasteiger partial charge in [0.15, 0.2) is 0 Å². The van der Waals surface area contributed by atoms with Crippen LogP contribution < -0.4 is 25.4 Å². The van der Waals surface area contributed by atoms with Crippen LogP contribution in [0.1, 0.15) is 0 Å². The van der Waals surface area contributed by atoms with Crippen molar-refractivity contribution in [3.05, 3.63) is 103 Å². The van der Waals surface area contributed by atoms with Gasteiger partial charge in [0, 0.05) is 34.1 Å². The summed E-state index contributed by atoms with van der Waals surface area (Å²) in [5, 5.41) is 3.02. The van der Waals surface area contributed by atoms with Gasteiger partial charge in [-0.25, -0.2) is 0 Å². The molecule has 0 atom stereocenters. The van der Waals surface area contributed by atoms with Crippen LogP contribution in [0, 0.1) is 0 Å². The van der Waals surface area contributed by atoms with E-state index in [1.54, 1.807) is 12.4 Å². The molecular formula is C28H17N2O2PS. The Hall–Kier alpha value is -3.79. The van der Waals surface area contributed by atoms with Gasteiger partial charge in [-0.1, -0.05) is 30.0 Å². The molecule has 6 heteroatoms. The largest absolute Gasteiger partial charge is 0.456 e. The predicted molar refractivity (Wildman–Crippen MR) is 139 cm³/mol. The van der Waals surface area contributed by atoms with Crippen LogP contribution in [0.5, 0.6) is 23.0 Å². The molecule has 4 heterocycles. The molecule has 0 amide bonds. The SMILES string of the molecule is S=P12c3cc(-c4ccccn4)ccc3Oc3cccc(c31)Oc1ccc(-c3ccccn3)cc12. The molecule has 7 rings (SSSR count). The monoisotopic (exact) mass is 476 g/mol. The molecule has 0 saturated carbocycles. The second-order valence-corrected chi connectivity index (χ2v) is 12.5. The van der Waals surface area contributed by atoms with E-state index in [2.05, 4.69) is 22.1 Å². The summed E-state index contributed by atoms with van der Waals surface area (Å²) in [5.41, 5.74) is 3.84. The number of hydrogen-bond donors (Lipinski definition) is 0. The number of pyridine rings is 2. The van der Waals surface area contributed by atoms with Crippen molar-refractivity contribution in [2.45, 2.75) is 0 Å². The first-order chi connectivity index (χ1) is 16.7. The molecule has 5 aromatic rings. The number of nitrogens with zero attached hydrogens (tertiary/aromatic N) is 2. The quantitative estimate of drug-likeness (QED) is 0.296. The molecule has 0 bridgehead atoms. The van der Waals surface area contributed by atoms with E-state index in [4.69, 9.17) is 21.3 Å². The number of benzene rings is 3. The Labute approximate surface area is 201 Å². The lowest BCUT2D eigenvalue weighted by Crippen LogP contribution is -2.35. The number of rotatable bonds is 2. The molecule has 34 heavy (non-hydrogen) atoms. The van der Waals surface area contributed by atoms with E-state index < -0.39 is 6.04 Å². The van der Waals surface area contributed by atoms with E-state index >= 15 is 0 Å². The lowest BCUT2D eigenvalue weighted by atomic mass is 10.1. The molecule has 0 fully saturated rings. The van der Waals surface area contributed by atoms with Crippen molar-refractivity contribution >= 4 is 33.8 Å². The zero-order chi connectivity index (χ0) is 22.7. The number of fused-ring (bicyclic) bond motifs is 4. The topological polar surface area (TPSA) is 44.2 Å². The summed E-state index contributed by atoms with van der Waals surface area (Å²) in [7, 11) is 0. The van der Waals surface area contributed by atoms with Crippen molar-refractivity contribution in [1.29, 1.82) is 0 Å². The first-order valence-corrected chi connectivity index (χ1v) is 13.7. The molecular weight excluding hydrogens is 459 g/mol. The molecule has 2 aliphatic rings. The second kappa shape index (κ2) is 7.36. The van der Waals surface area contributed by atoms with Gasteiger partial charge >= 0.3 is 0 Å². The van der Waals surface area contributed by atoms with E-state index in [0.29, 0.717) is 0 Å². The van der Waals surface area contributed by atoms with Crippen molar-refractivity contribution in [3.63, 3.8) is 0 Å². The zero-order valence-electron chi connectivity index (χ0n) is 17.9. The van der Waals surface area contributed by atoms with Gasteiger partial charge in [-0.2, -0.15) is 0 Å². The maximum atomic E-state index is 6.69. The van der Waals surface area contributed by atoms with Crippen LogP contribution in [0.15, 0.2) is 103 Å². The molecule has 0 N–H and O–H groups in total. The van der Waals surface area contributed by atoms with E-state index in [1.807, 2.05) is 78.9 Å². The van der Waals surface area contributed by atoms with Crippen LogP contribution >= 0.6 is 6.04 Å². The fraction of sp³-hybridized carbons (Fsp3) is 0. The van der Waals surface area contributed by atoms with Crippen molar-refractivity contribution in [2.24, 2.45) is 0 Å². The third-order valence-corrected chi connectivity index (χ3v) is 11.1. The van der Waals surface area contributed by atoms with Crippen molar-refractivity contribution in [2.75, 3.05) is 0 Å². The van der Waals surface area contributed by atoms with Crippen LogP contribution in [0.3, 0.4) is 0 Å². The van der Waals surface area contributed by atoms with E-state index in [-0.39, 0.29) is 0 Å². The van der Waals surface area contributed by atoms with Gasteiger partial charge in [0.1, 0.15) is 23.0 Å². The van der Waals surface area contributed by atoms with Crippen LogP contribution in [-0.2, 0) is 11.8 Å². The predicted octanol–water partition coefficient (Wildman–Crippen LogP) is 5.78. The lowest BCUT2D eigenvalue weighted by molar-refractivity contribution is 0.466. The molecule has 2 aliphatic heterocycles. The summed E-state index contributed by atoms with van der Waals surface area (Å²) in [6.07, 6.45) is 3.61. The van der Waals surface area contributed by atoms with Crippen LogP contribution in [-0.4, -0.2) is 9.97 Å². The lowest BCUT2D eigenvalue weighted by Gasteiger charge is -2.37. The summed E-state index contributed by atoms with van der Waals surface area (Å²) < 4.78 is 12.7. The highest BCUT2D eigenvalue weighted by molar-refractivity contribution is 8.26. The zero-order valence-corrected chi connectivity index (χ0v) is 19.6. The Balaban J connectivity index is 1.52. The Kier molecular flexibility index (Phi) is 4.25. The summed E-state index contributed by atoms with van der Waals surface area (Å²) in [6, 6.07) is 27.7. The van der Waals surface area contributed by atoms with E-state index in [1.165, 1.54) is 0 Å². The first kappa shape index (κ1) is 19.7. The molecule has 0 radical (unpaired) electrons. The van der Waals surface area contributed by atoms with Crippen LogP contribution in [0.2, 0.25) is 0 Å². The minimum absolute atomic E-state index is 0.771. The van der Waals surface area contributed by atoms with Crippen LogP contribution in [0.4, 0.5) is 0 Å². The summed E-state index contributed by atoms with van der Waals surface area (Å²) >= 11 is 6.69. The number of aromatic nitrogens is 2. The molecule has 0 spiro atoms. The Morgan fingerprint density at radius 2 is 1.09 bits per heavy atom. The van der Waals surface area contributed by atoms with Gasteiger partial charge in [0.05, 0.1) is 22.7 Å². The van der Waals surface area contributed by atoms with Crippen molar-refractivity contribution in [1.82, 2.24) is 9.97 Å². The highest BCUT2D eigenvalue weighted by atomic mass is 32.4. The van der Waals surface area contributed by atoms with Gasteiger partial charge in [-0.3, -0.25) is 9.97 Å². The Morgan fingerprint density at radius 3 is 1.56 bits per heavy atom. The normalized spacial score (nSPS) is 14.1. The van der Waals surface area contributed by atoms with Gasteiger partial charge in [-0.15, -0.1) is 0 Å². The standard InChI is InChI=1S/C28H17N2O2PS/c34-33-26-16-18(20-6-1-3-14-29-20)10-12-22(26)31-24-8-5-9-25(28(24)33)32-23-13-11-19(17-27(23)33)21-7-2-4-15-30-21/h1-17H. The fourth-order valence-electron chi connectivity index (χ4n) is 4.67. The highest BCUT2D eigenvalue weighted by Crippen LogP contribution is 2.59. The van der Waals surface area contributed by atoms with Gasteiger partial charge in [0.25, 0.3) is 0 Å². The first-order valence-electron chi connectivity index (χ1n) is 10.9. The van der Waals surface area contributed by atoms with Gasteiger partial charge in [-0.05, 0) is 72.8 Å². The molecule has 4 nitrogen and oxygen atoms in total. The number of hydrogen-bond acceptors (Lipinski definition) is 5. The maximum absolute atomic E-state index is 6.69. The average molecular weight is 476 g/mol. The fourth-order valence-corrected chi connectivity index (χ4v) is 9.17. The minimum atomic E-state index is -2.48. The van der Waals surface area contributed by atoms with Gasteiger partial charge in [0.2, 0.25) is 0 Å². The van der Waals surface area contributed by atoms with Crippen molar-refractivity contribution < 1.29 is 9.47 Å². The van der Waals surface area contributed by atoms with E-state index in [0.717, 1.165) is 61.4 Å². The Morgan fingerprint density at radius 1 is 0.559 bits per heavy atom. The molecule has 3 aromatic carbocycles. The van der Waals surface area contributed by atoms with Gasteiger partial charge < -0.3 is 9.47 Å². The third-order valence-electron chi connectivity index (χ3n) is 6.23.